The fraction of sp³-hybridized carbons (Fsp3) is 0.625. The third-order valence-electron chi connectivity index (χ3n) is 4.22. The van der Waals surface area contributed by atoms with Gasteiger partial charge in [-0.15, -0.1) is 0 Å². The highest BCUT2D eigenvalue weighted by Gasteiger charge is 2.16. The average Bonchev–Trinajstić information content (AvgIpc) is 2.50. The molecule has 1 aliphatic carbocycles. The number of benzene rings is 1. The summed E-state index contributed by atoms with van der Waals surface area (Å²) in [5, 5.41) is 3.75. The first-order valence-corrected chi connectivity index (χ1v) is 6.99. The minimum atomic E-state index is 0.681. The van der Waals surface area contributed by atoms with Gasteiger partial charge in [-0.1, -0.05) is 31.9 Å². The summed E-state index contributed by atoms with van der Waals surface area (Å²) in [4.78, 5) is 0. The van der Waals surface area contributed by atoms with Gasteiger partial charge < -0.3 is 5.32 Å². The summed E-state index contributed by atoms with van der Waals surface area (Å²) in [5.74, 6) is 0.917. The van der Waals surface area contributed by atoms with Crippen molar-refractivity contribution < 1.29 is 0 Å². The van der Waals surface area contributed by atoms with E-state index in [0.717, 1.165) is 5.92 Å². The Morgan fingerprint density at radius 1 is 1.06 bits per heavy atom. The van der Waals surface area contributed by atoms with Crippen LogP contribution in [0.1, 0.15) is 50.2 Å². The molecular weight excluding hydrogens is 206 g/mol. The standard InChI is InChI=1S/C16H25N/c1-12-6-4-8-15(11-10-12)17-16-9-5-7-13(2)14(16)3/h5,7,9,12,15,17H,4,6,8,10-11H2,1-3H3. The van der Waals surface area contributed by atoms with Gasteiger partial charge in [-0.2, -0.15) is 0 Å². The Labute approximate surface area is 106 Å². The monoisotopic (exact) mass is 231 g/mol. The van der Waals surface area contributed by atoms with Crippen LogP contribution < -0.4 is 5.32 Å². The fourth-order valence-corrected chi connectivity index (χ4v) is 2.76. The number of anilines is 1. The van der Waals surface area contributed by atoms with Gasteiger partial charge in [0.05, 0.1) is 0 Å². The molecule has 1 aromatic carbocycles. The summed E-state index contributed by atoms with van der Waals surface area (Å²) in [6.45, 7) is 6.80. The van der Waals surface area contributed by atoms with Crippen molar-refractivity contribution in [2.24, 2.45) is 5.92 Å². The van der Waals surface area contributed by atoms with Gasteiger partial charge in [-0.05, 0) is 56.2 Å². The maximum Gasteiger partial charge on any atom is 0.0374 e. The van der Waals surface area contributed by atoms with Gasteiger partial charge >= 0.3 is 0 Å². The summed E-state index contributed by atoms with van der Waals surface area (Å²) >= 11 is 0. The van der Waals surface area contributed by atoms with E-state index < -0.39 is 0 Å². The molecular formula is C16H25N. The minimum Gasteiger partial charge on any atom is -0.382 e. The third kappa shape index (κ3) is 3.24. The first-order valence-electron chi connectivity index (χ1n) is 6.99. The Balaban J connectivity index is 2.02. The van der Waals surface area contributed by atoms with Gasteiger partial charge in [-0.3, -0.25) is 0 Å². The van der Waals surface area contributed by atoms with Crippen molar-refractivity contribution in [3.8, 4) is 0 Å². The van der Waals surface area contributed by atoms with Crippen LogP contribution in [0.2, 0.25) is 0 Å². The van der Waals surface area contributed by atoms with Crippen LogP contribution in [0.15, 0.2) is 18.2 Å². The van der Waals surface area contributed by atoms with E-state index in [2.05, 4.69) is 44.3 Å². The van der Waals surface area contributed by atoms with E-state index in [4.69, 9.17) is 0 Å². The molecule has 1 N–H and O–H groups in total. The molecule has 0 amide bonds. The molecule has 0 saturated heterocycles. The number of rotatable bonds is 2. The molecule has 17 heavy (non-hydrogen) atoms. The quantitative estimate of drug-likeness (QED) is 0.728. The molecule has 1 nitrogen and oxygen atoms in total. The highest BCUT2D eigenvalue weighted by molar-refractivity contribution is 5.54. The van der Waals surface area contributed by atoms with E-state index in [1.807, 2.05) is 0 Å². The summed E-state index contributed by atoms with van der Waals surface area (Å²) in [6.07, 6.45) is 6.82. The van der Waals surface area contributed by atoms with Gasteiger partial charge in [-0.25, -0.2) is 0 Å². The lowest BCUT2D eigenvalue weighted by Gasteiger charge is -2.20. The molecule has 2 rings (SSSR count). The first-order chi connectivity index (χ1) is 8.16. The SMILES string of the molecule is Cc1cccc(NC2CCCC(C)CC2)c1C. The lowest BCUT2D eigenvalue weighted by atomic mass is 10.0. The van der Waals surface area contributed by atoms with Crippen LogP contribution in [0.25, 0.3) is 0 Å². The van der Waals surface area contributed by atoms with Gasteiger partial charge in [0.1, 0.15) is 0 Å². The Morgan fingerprint density at radius 3 is 2.71 bits per heavy atom. The lowest BCUT2D eigenvalue weighted by Crippen LogP contribution is -2.19. The molecule has 2 unspecified atom stereocenters. The van der Waals surface area contributed by atoms with Crippen LogP contribution in [0.3, 0.4) is 0 Å². The number of hydrogen-bond acceptors (Lipinski definition) is 1. The molecule has 2 atom stereocenters. The Kier molecular flexibility index (Phi) is 4.09. The summed E-state index contributed by atoms with van der Waals surface area (Å²) in [7, 11) is 0. The molecule has 1 fully saturated rings. The summed E-state index contributed by atoms with van der Waals surface area (Å²) < 4.78 is 0. The molecule has 1 aliphatic rings. The Morgan fingerprint density at radius 2 is 1.88 bits per heavy atom. The third-order valence-corrected chi connectivity index (χ3v) is 4.22. The van der Waals surface area contributed by atoms with Crippen molar-refractivity contribution in [1.29, 1.82) is 0 Å². The molecule has 1 saturated carbocycles. The molecule has 1 aromatic rings. The van der Waals surface area contributed by atoms with E-state index in [9.17, 15) is 0 Å². The van der Waals surface area contributed by atoms with Gasteiger partial charge in [0.15, 0.2) is 0 Å². The molecule has 0 aliphatic heterocycles. The van der Waals surface area contributed by atoms with Crippen molar-refractivity contribution >= 4 is 5.69 Å². The van der Waals surface area contributed by atoms with Crippen LogP contribution in [-0.2, 0) is 0 Å². The molecule has 0 radical (unpaired) electrons. The number of nitrogens with one attached hydrogen (secondary N) is 1. The van der Waals surface area contributed by atoms with Crippen molar-refractivity contribution in [3.05, 3.63) is 29.3 Å². The second-order valence-corrected chi connectivity index (χ2v) is 5.70. The first kappa shape index (κ1) is 12.5. The van der Waals surface area contributed by atoms with E-state index in [1.54, 1.807) is 0 Å². The maximum absolute atomic E-state index is 3.75. The Hall–Kier alpha value is -0.980. The zero-order valence-corrected chi connectivity index (χ0v) is 11.4. The van der Waals surface area contributed by atoms with Crippen LogP contribution in [0.5, 0.6) is 0 Å². The molecule has 0 bridgehead atoms. The summed E-state index contributed by atoms with van der Waals surface area (Å²) in [6, 6.07) is 7.25. The molecule has 0 spiro atoms. The Bertz CT molecular complexity index is 370. The predicted octanol–water partition coefficient (Wildman–Crippen LogP) is 4.68. The second-order valence-electron chi connectivity index (χ2n) is 5.70. The van der Waals surface area contributed by atoms with E-state index in [1.165, 1.54) is 48.9 Å². The zero-order valence-electron chi connectivity index (χ0n) is 11.4. The summed E-state index contributed by atoms with van der Waals surface area (Å²) in [5.41, 5.74) is 4.13. The molecule has 1 heteroatoms. The minimum absolute atomic E-state index is 0.681. The smallest absolute Gasteiger partial charge is 0.0374 e. The van der Waals surface area contributed by atoms with Crippen LogP contribution in [0, 0.1) is 19.8 Å². The predicted molar refractivity (Wildman–Crippen MR) is 75.6 cm³/mol. The van der Waals surface area contributed by atoms with Crippen LogP contribution >= 0.6 is 0 Å². The van der Waals surface area contributed by atoms with E-state index in [0.29, 0.717) is 6.04 Å². The largest absolute Gasteiger partial charge is 0.382 e. The second kappa shape index (κ2) is 5.57. The highest BCUT2D eigenvalue weighted by Crippen LogP contribution is 2.26. The van der Waals surface area contributed by atoms with E-state index in [-0.39, 0.29) is 0 Å². The van der Waals surface area contributed by atoms with Crippen LogP contribution in [0.4, 0.5) is 5.69 Å². The van der Waals surface area contributed by atoms with Crippen molar-refractivity contribution in [3.63, 3.8) is 0 Å². The van der Waals surface area contributed by atoms with Gasteiger partial charge in [0, 0.05) is 11.7 Å². The van der Waals surface area contributed by atoms with Gasteiger partial charge in [0.2, 0.25) is 0 Å². The van der Waals surface area contributed by atoms with E-state index >= 15 is 0 Å². The maximum atomic E-state index is 3.75. The average molecular weight is 231 g/mol. The number of aryl methyl sites for hydroxylation is 1. The van der Waals surface area contributed by atoms with Crippen LogP contribution in [-0.4, -0.2) is 6.04 Å². The van der Waals surface area contributed by atoms with Crippen molar-refractivity contribution in [2.45, 2.75) is 58.9 Å². The normalized spacial score (nSPS) is 25.4. The van der Waals surface area contributed by atoms with Gasteiger partial charge in [0.25, 0.3) is 0 Å². The topological polar surface area (TPSA) is 12.0 Å². The van der Waals surface area contributed by atoms with Crippen molar-refractivity contribution in [1.82, 2.24) is 0 Å². The fourth-order valence-electron chi connectivity index (χ4n) is 2.76. The highest BCUT2D eigenvalue weighted by atomic mass is 14.9. The molecule has 94 valence electrons. The lowest BCUT2D eigenvalue weighted by molar-refractivity contribution is 0.502. The zero-order chi connectivity index (χ0) is 12.3. The molecule has 0 heterocycles. The molecule has 0 aromatic heterocycles. The van der Waals surface area contributed by atoms with Crippen molar-refractivity contribution in [2.75, 3.05) is 5.32 Å². The number of hydrogen-bond donors (Lipinski definition) is 1.